The maximum absolute atomic E-state index is 13.0. The van der Waals surface area contributed by atoms with E-state index in [4.69, 9.17) is 0 Å². The Kier molecular flexibility index (Phi) is 6.22. The number of carbonyl (C=O) groups excluding carboxylic acids is 1. The number of amides is 1. The minimum atomic E-state index is -3.81. The van der Waals surface area contributed by atoms with Gasteiger partial charge in [-0.15, -0.1) is 0 Å². The molecule has 1 fully saturated rings. The number of nitrogens with zero attached hydrogens (tertiary/aromatic N) is 2. The SMILES string of the molecule is O=C(CCn1c(=O)sc2cc(S(=O)(=O)NCc3ccc(F)cc3)ccc21)N1CCCC1. The summed E-state index contributed by atoms with van der Waals surface area (Å²) in [6, 6.07) is 10.1. The molecule has 0 radical (unpaired) electrons. The molecule has 1 N–H and O–H groups in total. The maximum Gasteiger partial charge on any atom is 0.308 e. The zero-order chi connectivity index (χ0) is 22.0. The van der Waals surface area contributed by atoms with E-state index in [1.165, 1.54) is 41.0 Å². The summed E-state index contributed by atoms with van der Waals surface area (Å²) in [5, 5.41) is 0. The van der Waals surface area contributed by atoms with E-state index in [0.29, 0.717) is 15.8 Å². The van der Waals surface area contributed by atoms with Gasteiger partial charge in [-0.05, 0) is 48.7 Å². The van der Waals surface area contributed by atoms with E-state index in [9.17, 15) is 22.4 Å². The Morgan fingerprint density at radius 2 is 1.81 bits per heavy atom. The second kappa shape index (κ2) is 8.89. The molecule has 0 unspecified atom stereocenters. The number of hydrogen-bond acceptors (Lipinski definition) is 5. The van der Waals surface area contributed by atoms with Crippen molar-refractivity contribution in [3.05, 3.63) is 63.5 Å². The predicted molar refractivity (Wildman–Crippen MR) is 117 cm³/mol. The van der Waals surface area contributed by atoms with Crippen molar-refractivity contribution in [2.75, 3.05) is 13.1 Å². The topological polar surface area (TPSA) is 88.5 Å². The first kappa shape index (κ1) is 21.7. The molecular formula is C21H22FN3O4S2. The molecular weight excluding hydrogens is 441 g/mol. The fourth-order valence-corrected chi connectivity index (χ4v) is 5.70. The Hall–Kier alpha value is -2.56. The Labute approximate surface area is 183 Å². The van der Waals surface area contributed by atoms with Crippen LogP contribution >= 0.6 is 11.3 Å². The lowest BCUT2D eigenvalue weighted by atomic mass is 10.2. The number of benzene rings is 2. The molecule has 31 heavy (non-hydrogen) atoms. The van der Waals surface area contributed by atoms with Gasteiger partial charge in [0.15, 0.2) is 0 Å². The number of thiazole rings is 1. The summed E-state index contributed by atoms with van der Waals surface area (Å²) in [7, 11) is -3.81. The zero-order valence-electron chi connectivity index (χ0n) is 16.7. The van der Waals surface area contributed by atoms with Crippen molar-refractivity contribution in [2.24, 2.45) is 0 Å². The van der Waals surface area contributed by atoms with Crippen LogP contribution in [0, 0.1) is 5.82 Å². The quantitative estimate of drug-likeness (QED) is 0.584. The highest BCUT2D eigenvalue weighted by Crippen LogP contribution is 2.22. The van der Waals surface area contributed by atoms with Crippen LogP contribution in [-0.2, 0) is 27.9 Å². The molecule has 3 aromatic rings. The molecule has 0 spiro atoms. The third-order valence-corrected chi connectivity index (χ3v) is 7.68. The first-order valence-corrected chi connectivity index (χ1v) is 12.3. The monoisotopic (exact) mass is 463 g/mol. The fraction of sp³-hybridized carbons (Fsp3) is 0.333. The van der Waals surface area contributed by atoms with Crippen molar-refractivity contribution in [1.82, 2.24) is 14.2 Å². The number of carbonyl (C=O) groups is 1. The van der Waals surface area contributed by atoms with Crippen molar-refractivity contribution in [3.63, 3.8) is 0 Å². The minimum Gasteiger partial charge on any atom is -0.343 e. The van der Waals surface area contributed by atoms with E-state index < -0.39 is 15.8 Å². The van der Waals surface area contributed by atoms with Crippen LogP contribution < -0.4 is 9.60 Å². The summed E-state index contributed by atoms with van der Waals surface area (Å²) in [5.74, 6) is -0.355. The molecule has 1 amide bonds. The molecule has 0 aliphatic carbocycles. The number of aryl methyl sites for hydroxylation is 1. The van der Waals surface area contributed by atoms with Gasteiger partial charge in [0.25, 0.3) is 0 Å². The van der Waals surface area contributed by atoms with Gasteiger partial charge in [-0.3, -0.25) is 14.2 Å². The molecule has 7 nitrogen and oxygen atoms in total. The number of aromatic nitrogens is 1. The summed E-state index contributed by atoms with van der Waals surface area (Å²) in [6.07, 6.45) is 2.27. The molecule has 1 aliphatic rings. The molecule has 4 rings (SSSR count). The van der Waals surface area contributed by atoms with Crippen LogP contribution in [0.5, 0.6) is 0 Å². The maximum atomic E-state index is 13.0. The van der Waals surface area contributed by atoms with Gasteiger partial charge in [0.2, 0.25) is 15.9 Å². The zero-order valence-corrected chi connectivity index (χ0v) is 18.3. The van der Waals surface area contributed by atoms with Crippen molar-refractivity contribution in [3.8, 4) is 0 Å². The third kappa shape index (κ3) is 4.86. The lowest BCUT2D eigenvalue weighted by Gasteiger charge is -2.15. The lowest BCUT2D eigenvalue weighted by molar-refractivity contribution is -0.130. The summed E-state index contributed by atoms with van der Waals surface area (Å²) >= 11 is 0.958. The van der Waals surface area contributed by atoms with Crippen molar-refractivity contribution < 1.29 is 17.6 Å². The Morgan fingerprint density at radius 3 is 2.52 bits per heavy atom. The minimum absolute atomic E-state index is 0.0243. The van der Waals surface area contributed by atoms with Gasteiger partial charge in [0.1, 0.15) is 5.82 Å². The smallest absolute Gasteiger partial charge is 0.308 e. The van der Waals surface area contributed by atoms with Gasteiger partial charge >= 0.3 is 4.87 Å². The average molecular weight is 464 g/mol. The Balaban J connectivity index is 1.49. The van der Waals surface area contributed by atoms with Gasteiger partial charge in [0, 0.05) is 32.6 Å². The number of halogens is 1. The van der Waals surface area contributed by atoms with Gasteiger partial charge < -0.3 is 4.90 Å². The van der Waals surface area contributed by atoms with Crippen LogP contribution in [0.25, 0.3) is 10.2 Å². The normalized spacial score (nSPS) is 14.4. The van der Waals surface area contributed by atoms with Crippen LogP contribution in [-0.4, -0.2) is 36.9 Å². The Bertz CT molecular complexity index is 1260. The second-order valence-corrected chi connectivity index (χ2v) is 10.2. The molecule has 1 saturated heterocycles. The summed E-state index contributed by atoms with van der Waals surface area (Å²) in [6.45, 7) is 1.83. The predicted octanol–water partition coefficient (Wildman–Crippen LogP) is 2.69. The number of hydrogen-bond donors (Lipinski definition) is 1. The first-order chi connectivity index (χ1) is 14.8. The molecule has 2 heterocycles. The summed E-state index contributed by atoms with van der Waals surface area (Å²) in [5.41, 5.74) is 1.24. The average Bonchev–Trinajstić information content (AvgIpc) is 3.39. The molecule has 10 heteroatoms. The molecule has 0 atom stereocenters. The van der Waals surface area contributed by atoms with Gasteiger partial charge in [0.05, 0.1) is 15.1 Å². The number of sulfonamides is 1. The van der Waals surface area contributed by atoms with Gasteiger partial charge in [-0.1, -0.05) is 23.5 Å². The Morgan fingerprint density at radius 1 is 1.10 bits per heavy atom. The lowest BCUT2D eigenvalue weighted by Crippen LogP contribution is -2.29. The second-order valence-electron chi connectivity index (χ2n) is 7.44. The molecule has 1 aromatic heterocycles. The molecule has 0 bridgehead atoms. The largest absolute Gasteiger partial charge is 0.343 e. The highest BCUT2D eigenvalue weighted by atomic mass is 32.2. The van der Waals surface area contributed by atoms with Crippen LogP contribution in [0.15, 0.2) is 52.2 Å². The van der Waals surface area contributed by atoms with Crippen LogP contribution in [0.3, 0.4) is 0 Å². The van der Waals surface area contributed by atoms with Gasteiger partial charge in [-0.2, -0.15) is 0 Å². The van der Waals surface area contributed by atoms with E-state index in [2.05, 4.69) is 4.72 Å². The van der Waals surface area contributed by atoms with Crippen LogP contribution in [0.1, 0.15) is 24.8 Å². The van der Waals surface area contributed by atoms with Crippen LogP contribution in [0.4, 0.5) is 4.39 Å². The van der Waals surface area contributed by atoms with E-state index in [-0.39, 0.29) is 35.2 Å². The van der Waals surface area contributed by atoms with E-state index in [1.54, 1.807) is 6.07 Å². The van der Waals surface area contributed by atoms with Crippen molar-refractivity contribution >= 4 is 37.5 Å². The third-order valence-electron chi connectivity index (χ3n) is 5.34. The first-order valence-electron chi connectivity index (χ1n) is 9.99. The number of rotatable bonds is 7. The standard InChI is InChI=1S/C21H22FN3O4S2/c22-16-5-3-15(4-6-16)14-23-31(28,29)17-7-8-18-19(13-17)30-21(27)25(18)12-9-20(26)24-10-1-2-11-24/h3-8,13,23H,1-2,9-12,14H2. The molecule has 0 saturated carbocycles. The fourth-order valence-electron chi connectivity index (χ4n) is 3.62. The van der Waals surface area contributed by atoms with Crippen molar-refractivity contribution in [1.29, 1.82) is 0 Å². The van der Waals surface area contributed by atoms with E-state index in [0.717, 1.165) is 37.3 Å². The van der Waals surface area contributed by atoms with E-state index in [1.807, 2.05) is 4.90 Å². The number of likely N-dealkylation sites (tertiary alicyclic amines) is 1. The van der Waals surface area contributed by atoms with E-state index >= 15 is 0 Å². The molecule has 1 aliphatic heterocycles. The highest BCUT2D eigenvalue weighted by molar-refractivity contribution is 7.89. The summed E-state index contributed by atoms with van der Waals surface area (Å²) < 4.78 is 42.9. The summed E-state index contributed by atoms with van der Waals surface area (Å²) in [4.78, 5) is 26.4. The highest BCUT2D eigenvalue weighted by Gasteiger charge is 2.20. The van der Waals surface area contributed by atoms with Crippen molar-refractivity contribution in [2.45, 2.75) is 37.2 Å². The molecule has 2 aromatic carbocycles. The molecule has 164 valence electrons. The van der Waals surface area contributed by atoms with Crippen LogP contribution in [0.2, 0.25) is 0 Å². The number of fused-ring (bicyclic) bond motifs is 1. The van der Waals surface area contributed by atoms with Gasteiger partial charge in [-0.25, -0.2) is 17.5 Å². The number of nitrogens with one attached hydrogen (secondary N) is 1.